The molecule has 0 aliphatic rings. The van der Waals surface area contributed by atoms with Gasteiger partial charge in [-0.25, -0.2) is 0 Å². The first kappa shape index (κ1) is 17.5. The van der Waals surface area contributed by atoms with E-state index in [9.17, 15) is 4.79 Å². The van der Waals surface area contributed by atoms with E-state index >= 15 is 0 Å². The van der Waals surface area contributed by atoms with E-state index in [1.165, 1.54) is 5.56 Å². The molecule has 23 heavy (non-hydrogen) atoms. The van der Waals surface area contributed by atoms with Crippen molar-refractivity contribution in [2.75, 3.05) is 13.2 Å². The molecule has 2 aromatic carbocycles. The Balaban J connectivity index is 1.87. The number of amides is 1. The highest BCUT2D eigenvalue weighted by molar-refractivity contribution is 9.10. The normalized spacial score (nSPS) is 10.3. The molecule has 0 atom stereocenters. The van der Waals surface area contributed by atoms with E-state index in [0.29, 0.717) is 18.7 Å². The van der Waals surface area contributed by atoms with Crippen molar-refractivity contribution in [2.24, 2.45) is 0 Å². The second-order valence-corrected chi connectivity index (χ2v) is 6.19. The first-order chi connectivity index (χ1) is 11.2. The molecule has 0 saturated carbocycles. The number of carbonyl (C=O) groups excluding carboxylic acids is 1. The first-order valence-electron chi connectivity index (χ1n) is 7.95. The molecule has 2 rings (SSSR count). The molecule has 122 valence electrons. The summed E-state index contributed by atoms with van der Waals surface area (Å²) in [6, 6.07) is 15.7. The summed E-state index contributed by atoms with van der Waals surface area (Å²) in [6.07, 6.45) is 2.91. The highest BCUT2D eigenvalue weighted by Gasteiger charge is 2.08. The van der Waals surface area contributed by atoms with Crippen molar-refractivity contribution in [2.45, 2.75) is 26.2 Å². The minimum absolute atomic E-state index is 0.0463. The van der Waals surface area contributed by atoms with E-state index in [2.05, 4.69) is 40.3 Å². The van der Waals surface area contributed by atoms with Crippen molar-refractivity contribution in [1.29, 1.82) is 0 Å². The van der Waals surface area contributed by atoms with Crippen LogP contribution in [0.1, 0.15) is 35.7 Å². The van der Waals surface area contributed by atoms with Crippen LogP contribution < -0.4 is 10.1 Å². The summed E-state index contributed by atoms with van der Waals surface area (Å²) in [4.78, 5) is 12.0. The van der Waals surface area contributed by atoms with Crippen molar-refractivity contribution < 1.29 is 9.53 Å². The summed E-state index contributed by atoms with van der Waals surface area (Å²) in [7, 11) is 0. The Labute approximate surface area is 146 Å². The van der Waals surface area contributed by atoms with Gasteiger partial charge in [-0.3, -0.25) is 4.79 Å². The van der Waals surface area contributed by atoms with Gasteiger partial charge in [-0.15, -0.1) is 0 Å². The maximum absolute atomic E-state index is 12.0. The Morgan fingerprint density at radius 3 is 2.65 bits per heavy atom. The third kappa shape index (κ3) is 5.71. The average molecular weight is 376 g/mol. The van der Waals surface area contributed by atoms with Gasteiger partial charge in [0.05, 0.1) is 11.1 Å². The van der Waals surface area contributed by atoms with Crippen LogP contribution in [0.15, 0.2) is 53.0 Å². The average Bonchev–Trinajstić information content (AvgIpc) is 2.57. The highest BCUT2D eigenvalue weighted by atomic mass is 79.9. The Bertz CT molecular complexity index is 629. The number of unbranched alkanes of at least 4 members (excludes halogenated alkanes) is 1. The fourth-order valence-corrected chi connectivity index (χ4v) is 2.66. The van der Waals surface area contributed by atoms with E-state index in [-0.39, 0.29) is 5.91 Å². The minimum atomic E-state index is -0.0463. The number of benzene rings is 2. The number of rotatable bonds is 8. The van der Waals surface area contributed by atoms with Crippen LogP contribution in [0, 0.1) is 0 Å². The van der Waals surface area contributed by atoms with E-state index in [1.807, 2.05) is 24.3 Å². The lowest BCUT2D eigenvalue weighted by atomic mass is 10.2. The van der Waals surface area contributed by atoms with Crippen molar-refractivity contribution in [3.05, 3.63) is 64.1 Å². The molecule has 0 aliphatic carbocycles. The lowest BCUT2D eigenvalue weighted by Crippen LogP contribution is -2.24. The molecule has 0 bridgehead atoms. The predicted octanol–water partition coefficient (Wildman–Crippen LogP) is 4.60. The number of nitrogens with one attached hydrogen (secondary N) is 1. The summed E-state index contributed by atoms with van der Waals surface area (Å²) < 4.78 is 6.60. The van der Waals surface area contributed by atoms with Gasteiger partial charge in [-0.05, 0) is 46.1 Å². The largest absolute Gasteiger partial charge is 0.492 e. The van der Waals surface area contributed by atoms with E-state index < -0.39 is 0 Å². The Hall–Kier alpha value is -1.81. The third-order valence-corrected chi connectivity index (χ3v) is 4.12. The van der Waals surface area contributed by atoms with E-state index in [0.717, 1.165) is 29.5 Å². The molecule has 0 unspecified atom stereocenters. The lowest BCUT2D eigenvalue weighted by molar-refractivity contribution is 0.0953. The zero-order valence-corrected chi connectivity index (χ0v) is 14.9. The van der Waals surface area contributed by atoms with Gasteiger partial charge in [0.1, 0.15) is 5.75 Å². The molecule has 0 saturated heterocycles. The maximum Gasteiger partial charge on any atom is 0.251 e. The summed E-state index contributed by atoms with van der Waals surface area (Å²) in [5.41, 5.74) is 1.89. The zero-order chi connectivity index (χ0) is 16.5. The quantitative estimate of drug-likeness (QED) is 0.684. The first-order valence-corrected chi connectivity index (χ1v) is 8.74. The summed E-state index contributed by atoms with van der Waals surface area (Å²) in [5.74, 6) is 0.709. The van der Waals surface area contributed by atoms with Crippen LogP contribution in [-0.2, 0) is 6.42 Å². The summed E-state index contributed by atoms with van der Waals surface area (Å²) in [5, 5.41) is 2.91. The van der Waals surface area contributed by atoms with Gasteiger partial charge < -0.3 is 10.1 Å². The topological polar surface area (TPSA) is 38.3 Å². The molecule has 0 fully saturated rings. The molecule has 3 nitrogen and oxygen atoms in total. The molecule has 1 N–H and O–H groups in total. The Kier molecular flexibility index (Phi) is 7.14. The van der Waals surface area contributed by atoms with Crippen LogP contribution in [0.3, 0.4) is 0 Å². The molecular formula is C19H22BrNO2. The smallest absolute Gasteiger partial charge is 0.251 e. The molecular weight excluding hydrogens is 354 g/mol. The van der Waals surface area contributed by atoms with Crippen LogP contribution in [0.25, 0.3) is 0 Å². The van der Waals surface area contributed by atoms with Gasteiger partial charge in [0.2, 0.25) is 0 Å². The van der Waals surface area contributed by atoms with Crippen LogP contribution in [-0.4, -0.2) is 19.1 Å². The lowest BCUT2D eigenvalue weighted by Gasteiger charge is -2.10. The number of carbonyl (C=O) groups is 1. The summed E-state index contributed by atoms with van der Waals surface area (Å²) in [6.45, 7) is 3.41. The van der Waals surface area contributed by atoms with Gasteiger partial charge in [-0.1, -0.05) is 43.7 Å². The van der Waals surface area contributed by atoms with Gasteiger partial charge in [0.15, 0.2) is 0 Å². The summed E-state index contributed by atoms with van der Waals surface area (Å²) >= 11 is 3.48. The van der Waals surface area contributed by atoms with Crippen molar-refractivity contribution in [3.8, 4) is 5.75 Å². The molecule has 4 heteroatoms. The third-order valence-electron chi connectivity index (χ3n) is 3.50. The molecule has 0 spiro atoms. The van der Waals surface area contributed by atoms with Gasteiger partial charge in [-0.2, -0.15) is 0 Å². The molecule has 2 aromatic rings. The zero-order valence-electron chi connectivity index (χ0n) is 13.3. The number of hydrogen-bond acceptors (Lipinski definition) is 2. The number of hydrogen-bond donors (Lipinski definition) is 1. The SMILES string of the molecule is CCCCNC(=O)c1ccc(OCCc2ccccc2)c(Br)c1. The van der Waals surface area contributed by atoms with Crippen molar-refractivity contribution >= 4 is 21.8 Å². The molecule has 0 radical (unpaired) electrons. The molecule has 0 aliphatic heterocycles. The Morgan fingerprint density at radius 1 is 1.17 bits per heavy atom. The van der Waals surface area contributed by atoms with E-state index in [4.69, 9.17) is 4.74 Å². The van der Waals surface area contributed by atoms with Gasteiger partial charge in [0.25, 0.3) is 5.91 Å². The molecule has 1 amide bonds. The maximum atomic E-state index is 12.0. The van der Waals surface area contributed by atoms with Gasteiger partial charge in [0, 0.05) is 18.5 Å². The molecule has 0 heterocycles. The highest BCUT2D eigenvalue weighted by Crippen LogP contribution is 2.26. The minimum Gasteiger partial charge on any atom is -0.492 e. The van der Waals surface area contributed by atoms with Crippen LogP contribution >= 0.6 is 15.9 Å². The second kappa shape index (κ2) is 9.36. The monoisotopic (exact) mass is 375 g/mol. The van der Waals surface area contributed by atoms with Crippen LogP contribution in [0.2, 0.25) is 0 Å². The predicted molar refractivity (Wildman–Crippen MR) is 97.0 cm³/mol. The van der Waals surface area contributed by atoms with Crippen molar-refractivity contribution in [3.63, 3.8) is 0 Å². The fraction of sp³-hybridized carbons (Fsp3) is 0.316. The number of halogens is 1. The second-order valence-electron chi connectivity index (χ2n) is 5.34. The fourth-order valence-electron chi connectivity index (χ4n) is 2.16. The van der Waals surface area contributed by atoms with Crippen LogP contribution in [0.5, 0.6) is 5.75 Å². The van der Waals surface area contributed by atoms with Crippen LogP contribution in [0.4, 0.5) is 0 Å². The van der Waals surface area contributed by atoms with E-state index in [1.54, 1.807) is 12.1 Å². The van der Waals surface area contributed by atoms with Gasteiger partial charge >= 0.3 is 0 Å². The number of ether oxygens (including phenoxy) is 1. The standard InChI is InChI=1S/C19H22BrNO2/c1-2-3-12-21-19(22)16-9-10-18(17(20)14-16)23-13-11-15-7-5-4-6-8-15/h4-10,14H,2-3,11-13H2,1H3,(H,21,22). The Morgan fingerprint density at radius 2 is 1.96 bits per heavy atom. The molecule has 0 aromatic heterocycles. The van der Waals surface area contributed by atoms with Crippen molar-refractivity contribution in [1.82, 2.24) is 5.32 Å².